The predicted octanol–water partition coefficient (Wildman–Crippen LogP) is 4.96. The number of rotatable bonds is 5. The third-order valence-electron chi connectivity index (χ3n) is 4.07. The molecule has 0 amide bonds. The van der Waals surface area contributed by atoms with Gasteiger partial charge >= 0.3 is 5.63 Å². The molecule has 1 aromatic heterocycles. The van der Waals surface area contributed by atoms with E-state index in [1.54, 1.807) is 25.3 Å². The average molecular weight is 378 g/mol. The maximum Gasteiger partial charge on any atom is 0.336 e. The molecule has 0 unspecified atom stereocenters. The van der Waals surface area contributed by atoms with Gasteiger partial charge in [0, 0.05) is 40.2 Å². The van der Waals surface area contributed by atoms with Crippen molar-refractivity contribution in [2.24, 2.45) is 0 Å². The molecule has 0 saturated carbocycles. The van der Waals surface area contributed by atoms with Crippen LogP contribution in [0.1, 0.15) is 24.1 Å². The second kappa shape index (κ2) is 7.48. The van der Waals surface area contributed by atoms with Gasteiger partial charge in [-0.15, -0.1) is 0 Å². The lowest BCUT2D eigenvalue weighted by Gasteiger charge is -2.16. The molecule has 2 aromatic carbocycles. The van der Waals surface area contributed by atoms with Crippen molar-refractivity contribution in [2.45, 2.75) is 19.5 Å². The zero-order chi connectivity index (χ0) is 18.0. The van der Waals surface area contributed by atoms with Crippen LogP contribution in [0.5, 0.6) is 5.75 Å². The Labute approximate surface area is 155 Å². The van der Waals surface area contributed by atoms with E-state index in [9.17, 15) is 4.79 Å². The Hall–Kier alpha value is -2.01. The van der Waals surface area contributed by atoms with Crippen LogP contribution in [0.4, 0.5) is 0 Å². The van der Waals surface area contributed by atoms with E-state index < -0.39 is 5.63 Å². The maximum atomic E-state index is 11.8. The minimum Gasteiger partial charge on any atom is -0.497 e. The van der Waals surface area contributed by atoms with Crippen molar-refractivity contribution in [1.29, 1.82) is 0 Å². The van der Waals surface area contributed by atoms with Crippen LogP contribution in [0.2, 0.25) is 10.0 Å². The molecule has 0 spiro atoms. The monoisotopic (exact) mass is 377 g/mol. The fourth-order valence-corrected chi connectivity index (χ4v) is 3.28. The lowest BCUT2D eigenvalue weighted by Crippen LogP contribution is -2.19. The maximum absolute atomic E-state index is 11.8. The molecule has 0 fully saturated rings. The summed E-state index contributed by atoms with van der Waals surface area (Å²) in [6, 6.07) is 12.3. The van der Waals surface area contributed by atoms with Crippen molar-refractivity contribution in [3.63, 3.8) is 0 Å². The molecular weight excluding hydrogens is 361 g/mol. The molecule has 0 saturated heterocycles. The number of ether oxygens (including phenoxy) is 1. The van der Waals surface area contributed by atoms with Gasteiger partial charge in [0.25, 0.3) is 0 Å². The Morgan fingerprint density at radius 2 is 1.96 bits per heavy atom. The van der Waals surface area contributed by atoms with Gasteiger partial charge in [-0.25, -0.2) is 4.79 Å². The quantitative estimate of drug-likeness (QED) is 0.638. The van der Waals surface area contributed by atoms with Gasteiger partial charge in [-0.05, 0) is 42.3 Å². The van der Waals surface area contributed by atoms with Gasteiger partial charge in [0.15, 0.2) is 0 Å². The van der Waals surface area contributed by atoms with E-state index in [1.165, 1.54) is 6.07 Å². The number of hydrogen-bond donors (Lipinski definition) is 1. The second-order valence-electron chi connectivity index (χ2n) is 5.72. The summed E-state index contributed by atoms with van der Waals surface area (Å²) in [4.78, 5) is 11.8. The first kappa shape index (κ1) is 17.8. The minimum atomic E-state index is -0.394. The van der Waals surface area contributed by atoms with Crippen LogP contribution >= 0.6 is 23.2 Å². The van der Waals surface area contributed by atoms with Crippen molar-refractivity contribution < 1.29 is 9.15 Å². The van der Waals surface area contributed by atoms with Crippen LogP contribution in [0.15, 0.2) is 51.7 Å². The molecule has 0 bridgehead atoms. The molecule has 1 atom stereocenters. The molecule has 4 nitrogen and oxygen atoms in total. The fraction of sp³-hybridized carbons (Fsp3) is 0.211. The largest absolute Gasteiger partial charge is 0.497 e. The van der Waals surface area contributed by atoms with E-state index in [-0.39, 0.29) is 6.04 Å². The van der Waals surface area contributed by atoms with Crippen molar-refractivity contribution >= 4 is 34.2 Å². The highest BCUT2D eigenvalue weighted by Gasteiger charge is 2.12. The summed E-state index contributed by atoms with van der Waals surface area (Å²) in [5, 5.41) is 5.45. The number of hydrogen-bond acceptors (Lipinski definition) is 4. The number of methoxy groups -OCH3 is 1. The third-order valence-corrected chi connectivity index (χ3v) is 4.63. The summed E-state index contributed by atoms with van der Waals surface area (Å²) >= 11 is 12.2. The zero-order valence-corrected chi connectivity index (χ0v) is 15.3. The van der Waals surface area contributed by atoms with E-state index in [0.717, 1.165) is 16.5 Å². The van der Waals surface area contributed by atoms with Crippen molar-refractivity contribution in [3.8, 4) is 5.75 Å². The average Bonchev–Trinajstić information content (AvgIpc) is 2.58. The summed E-state index contributed by atoms with van der Waals surface area (Å²) < 4.78 is 10.4. The Morgan fingerprint density at radius 1 is 1.16 bits per heavy atom. The van der Waals surface area contributed by atoms with Gasteiger partial charge in [0.1, 0.15) is 11.3 Å². The van der Waals surface area contributed by atoms with Gasteiger partial charge in [-0.3, -0.25) is 0 Å². The lowest BCUT2D eigenvalue weighted by molar-refractivity contribution is 0.414. The number of halogens is 2. The van der Waals surface area contributed by atoms with E-state index in [4.69, 9.17) is 32.4 Å². The first-order chi connectivity index (χ1) is 12.0. The van der Waals surface area contributed by atoms with Crippen molar-refractivity contribution in [1.82, 2.24) is 5.32 Å². The summed E-state index contributed by atoms with van der Waals surface area (Å²) in [5.41, 5.74) is 1.90. The summed E-state index contributed by atoms with van der Waals surface area (Å²) in [6.45, 7) is 2.50. The molecule has 3 rings (SSSR count). The predicted molar refractivity (Wildman–Crippen MR) is 101 cm³/mol. The SMILES string of the molecule is COc1ccc2c(CN[C@H](C)c3ccc(Cl)cc3Cl)cc(=O)oc2c1. The molecule has 0 aliphatic rings. The summed E-state index contributed by atoms with van der Waals surface area (Å²) in [6.07, 6.45) is 0. The van der Waals surface area contributed by atoms with Gasteiger partial charge < -0.3 is 14.5 Å². The highest BCUT2D eigenvalue weighted by molar-refractivity contribution is 6.35. The van der Waals surface area contributed by atoms with E-state index in [2.05, 4.69) is 5.32 Å². The number of benzene rings is 2. The number of fused-ring (bicyclic) bond motifs is 1. The van der Waals surface area contributed by atoms with E-state index in [1.807, 2.05) is 25.1 Å². The van der Waals surface area contributed by atoms with Crippen LogP contribution in [0, 0.1) is 0 Å². The normalized spacial score (nSPS) is 12.3. The van der Waals surface area contributed by atoms with Crippen LogP contribution in [-0.2, 0) is 6.54 Å². The molecule has 25 heavy (non-hydrogen) atoms. The first-order valence-electron chi connectivity index (χ1n) is 7.77. The lowest BCUT2D eigenvalue weighted by atomic mass is 10.1. The highest BCUT2D eigenvalue weighted by atomic mass is 35.5. The Morgan fingerprint density at radius 3 is 2.68 bits per heavy atom. The molecule has 0 aliphatic carbocycles. The molecule has 1 heterocycles. The summed E-state index contributed by atoms with van der Waals surface area (Å²) in [7, 11) is 1.57. The Kier molecular flexibility index (Phi) is 5.33. The van der Waals surface area contributed by atoms with Crippen molar-refractivity contribution in [2.75, 3.05) is 7.11 Å². The molecule has 6 heteroatoms. The summed E-state index contributed by atoms with van der Waals surface area (Å²) in [5.74, 6) is 0.641. The third kappa shape index (κ3) is 3.98. The molecule has 0 aliphatic heterocycles. The van der Waals surface area contributed by atoms with Crippen molar-refractivity contribution in [3.05, 3.63) is 74.1 Å². The zero-order valence-electron chi connectivity index (χ0n) is 13.8. The van der Waals surface area contributed by atoms with Gasteiger partial charge in [0.2, 0.25) is 0 Å². The molecule has 3 aromatic rings. The highest BCUT2D eigenvalue weighted by Crippen LogP contribution is 2.27. The van der Waals surface area contributed by atoms with Crippen LogP contribution < -0.4 is 15.7 Å². The fourth-order valence-electron chi connectivity index (χ4n) is 2.71. The van der Waals surface area contributed by atoms with Crippen LogP contribution in [0.25, 0.3) is 11.0 Å². The topological polar surface area (TPSA) is 51.5 Å². The minimum absolute atomic E-state index is 0.00897. The number of nitrogens with one attached hydrogen (secondary N) is 1. The Balaban J connectivity index is 1.86. The van der Waals surface area contributed by atoms with Gasteiger partial charge in [-0.1, -0.05) is 29.3 Å². The van der Waals surface area contributed by atoms with Crippen LogP contribution in [-0.4, -0.2) is 7.11 Å². The molecule has 130 valence electrons. The van der Waals surface area contributed by atoms with E-state index >= 15 is 0 Å². The second-order valence-corrected chi connectivity index (χ2v) is 6.56. The molecular formula is C19H17Cl2NO3. The Bertz CT molecular complexity index is 969. The standard InChI is InChI=1S/C19H17Cl2NO3/c1-11(15-5-3-13(20)8-17(15)21)22-10-12-7-19(23)25-18-9-14(24-2)4-6-16(12)18/h3-9,11,22H,10H2,1-2H3/t11-/m1/s1. The smallest absolute Gasteiger partial charge is 0.336 e. The molecule has 0 radical (unpaired) electrons. The first-order valence-corrected chi connectivity index (χ1v) is 8.52. The van der Waals surface area contributed by atoms with E-state index in [0.29, 0.717) is 27.9 Å². The van der Waals surface area contributed by atoms with Gasteiger partial charge in [0.05, 0.1) is 7.11 Å². The van der Waals surface area contributed by atoms with Crippen LogP contribution in [0.3, 0.4) is 0 Å². The van der Waals surface area contributed by atoms with Gasteiger partial charge in [-0.2, -0.15) is 0 Å². The molecule has 1 N–H and O–H groups in total.